The highest BCUT2D eigenvalue weighted by atomic mass is 16.2. The predicted octanol–water partition coefficient (Wildman–Crippen LogP) is 4.06. The Balaban J connectivity index is 1.66. The molecule has 3 aromatic rings. The number of likely N-dealkylation sites (tertiary alicyclic amines) is 1. The van der Waals surface area contributed by atoms with Gasteiger partial charge in [-0.25, -0.2) is 0 Å². The average molecular weight is 415 g/mol. The molecule has 5 nitrogen and oxygen atoms in total. The molecular formula is C26H30N4O. The van der Waals surface area contributed by atoms with Crippen LogP contribution in [-0.2, 0) is 17.8 Å². The Morgan fingerprint density at radius 3 is 2.58 bits per heavy atom. The first-order valence-electron chi connectivity index (χ1n) is 10.9. The van der Waals surface area contributed by atoms with Gasteiger partial charge in [0.15, 0.2) is 0 Å². The van der Waals surface area contributed by atoms with E-state index in [1.54, 1.807) is 11.1 Å². The number of hydrogen-bond acceptors (Lipinski definition) is 4. The molecule has 1 fully saturated rings. The molecule has 160 valence electrons. The van der Waals surface area contributed by atoms with Gasteiger partial charge in [-0.2, -0.15) is 0 Å². The van der Waals surface area contributed by atoms with Crippen LogP contribution in [0.5, 0.6) is 0 Å². The zero-order valence-corrected chi connectivity index (χ0v) is 18.4. The highest BCUT2D eigenvalue weighted by molar-refractivity contribution is 5.83. The third-order valence-corrected chi connectivity index (χ3v) is 6.19. The molecule has 1 aliphatic rings. The summed E-state index contributed by atoms with van der Waals surface area (Å²) in [5.74, 6) is 0.216. The summed E-state index contributed by atoms with van der Waals surface area (Å²) in [5.41, 5.74) is 4.26. The second-order valence-electron chi connectivity index (χ2n) is 8.73. The van der Waals surface area contributed by atoms with Crippen molar-refractivity contribution in [3.63, 3.8) is 0 Å². The first-order chi connectivity index (χ1) is 15.1. The fourth-order valence-electron chi connectivity index (χ4n) is 4.82. The van der Waals surface area contributed by atoms with Crippen LogP contribution in [0.2, 0.25) is 0 Å². The van der Waals surface area contributed by atoms with Crippen molar-refractivity contribution >= 4 is 5.91 Å². The molecule has 1 aliphatic heterocycles. The summed E-state index contributed by atoms with van der Waals surface area (Å²) >= 11 is 0. The lowest BCUT2D eigenvalue weighted by molar-refractivity contribution is -0.143. The molecule has 0 radical (unpaired) electrons. The second-order valence-corrected chi connectivity index (χ2v) is 8.73. The maximum Gasteiger partial charge on any atom is 0.229 e. The molecule has 1 saturated heterocycles. The van der Waals surface area contributed by atoms with Crippen LogP contribution in [0.1, 0.15) is 24.0 Å². The van der Waals surface area contributed by atoms with E-state index in [2.05, 4.69) is 57.3 Å². The van der Waals surface area contributed by atoms with Crippen molar-refractivity contribution in [2.75, 3.05) is 27.2 Å². The highest BCUT2D eigenvalue weighted by Gasteiger charge is 2.43. The van der Waals surface area contributed by atoms with E-state index in [1.807, 2.05) is 38.8 Å². The molecule has 4 rings (SSSR count). The summed E-state index contributed by atoms with van der Waals surface area (Å²) in [6, 6.07) is 16.6. The van der Waals surface area contributed by atoms with E-state index in [4.69, 9.17) is 0 Å². The van der Waals surface area contributed by atoms with E-state index in [0.717, 1.165) is 50.0 Å². The highest BCUT2D eigenvalue weighted by Crippen LogP contribution is 2.38. The van der Waals surface area contributed by atoms with Crippen LogP contribution < -0.4 is 0 Å². The number of carbonyl (C=O) groups excluding carboxylic acids is 1. The number of carbonyl (C=O) groups is 1. The fraction of sp³-hybridized carbons (Fsp3) is 0.346. The molecule has 0 spiro atoms. The van der Waals surface area contributed by atoms with E-state index in [-0.39, 0.29) is 5.91 Å². The summed E-state index contributed by atoms with van der Waals surface area (Å²) in [4.78, 5) is 26.2. The molecule has 31 heavy (non-hydrogen) atoms. The SMILES string of the molecule is CN(C)C(=O)C1(Cc2ccccc2-c2cccnc2)CCCN(Cc2ccncc2)C1. The van der Waals surface area contributed by atoms with Gasteiger partial charge in [0.25, 0.3) is 0 Å². The molecule has 3 heterocycles. The topological polar surface area (TPSA) is 49.3 Å². The number of piperidine rings is 1. The normalized spacial score (nSPS) is 19.2. The molecular weight excluding hydrogens is 384 g/mol. The van der Waals surface area contributed by atoms with Crippen molar-refractivity contribution in [2.24, 2.45) is 5.41 Å². The number of pyridine rings is 2. The third-order valence-electron chi connectivity index (χ3n) is 6.19. The van der Waals surface area contributed by atoms with Gasteiger partial charge < -0.3 is 4.90 Å². The van der Waals surface area contributed by atoms with Crippen molar-refractivity contribution in [1.29, 1.82) is 0 Å². The van der Waals surface area contributed by atoms with Gasteiger partial charge >= 0.3 is 0 Å². The monoisotopic (exact) mass is 414 g/mol. The van der Waals surface area contributed by atoms with Crippen LogP contribution in [0.3, 0.4) is 0 Å². The fourth-order valence-corrected chi connectivity index (χ4v) is 4.82. The maximum atomic E-state index is 13.5. The largest absolute Gasteiger partial charge is 0.348 e. The number of rotatable bonds is 6. The van der Waals surface area contributed by atoms with E-state index >= 15 is 0 Å². The van der Waals surface area contributed by atoms with Crippen LogP contribution in [-0.4, -0.2) is 52.9 Å². The minimum absolute atomic E-state index is 0.216. The zero-order valence-electron chi connectivity index (χ0n) is 18.4. The number of benzene rings is 1. The van der Waals surface area contributed by atoms with Gasteiger partial charge in [-0.15, -0.1) is 0 Å². The first kappa shape index (κ1) is 21.2. The van der Waals surface area contributed by atoms with E-state index in [0.29, 0.717) is 0 Å². The Labute approximate surface area is 184 Å². The smallest absolute Gasteiger partial charge is 0.229 e. The van der Waals surface area contributed by atoms with Crippen LogP contribution in [0.4, 0.5) is 0 Å². The number of hydrogen-bond donors (Lipinski definition) is 0. The van der Waals surface area contributed by atoms with E-state index in [1.165, 1.54) is 11.1 Å². The Kier molecular flexibility index (Phi) is 6.42. The molecule has 1 aromatic carbocycles. The predicted molar refractivity (Wildman–Crippen MR) is 123 cm³/mol. The lowest BCUT2D eigenvalue weighted by atomic mass is 9.73. The van der Waals surface area contributed by atoms with Crippen LogP contribution in [0.15, 0.2) is 73.3 Å². The molecule has 0 bridgehead atoms. The van der Waals surface area contributed by atoms with Gasteiger partial charge in [0.2, 0.25) is 5.91 Å². The van der Waals surface area contributed by atoms with E-state index in [9.17, 15) is 4.79 Å². The van der Waals surface area contributed by atoms with Gasteiger partial charge in [-0.3, -0.25) is 19.7 Å². The van der Waals surface area contributed by atoms with Crippen LogP contribution in [0.25, 0.3) is 11.1 Å². The van der Waals surface area contributed by atoms with Crippen molar-refractivity contribution < 1.29 is 4.79 Å². The summed E-state index contributed by atoms with van der Waals surface area (Å²) < 4.78 is 0. The van der Waals surface area contributed by atoms with Crippen molar-refractivity contribution in [3.8, 4) is 11.1 Å². The zero-order chi connectivity index (χ0) is 21.7. The molecule has 0 aliphatic carbocycles. The molecule has 0 saturated carbocycles. The third kappa shape index (κ3) is 4.83. The van der Waals surface area contributed by atoms with Gasteiger partial charge in [0.05, 0.1) is 5.41 Å². The number of aromatic nitrogens is 2. The minimum Gasteiger partial charge on any atom is -0.348 e. The average Bonchev–Trinajstić information content (AvgIpc) is 2.80. The first-order valence-corrected chi connectivity index (χ1v) is 10.9. The molecule has 1 atom stereocenters. The molecule has 5 heteroatoms. The summed E-state index contributed by atoms with van der Waals surface area (Å²) in [6.45, 7) is 2.61. The van der Waals surface area contributed by atoms with Crippen LogP contribution in [0, 0.1) is 5.41 Å². The Morgan fingerprint density at radius 1 is 1.03 bits per heavy atom. The molecule has 0 N–H and O–H groups in total. The maximum absolute atomic E-state index is 13.5. The number of nitrogens with zero attached hydrogens (tertiary/aromatic N) is 4. The minimum atomic E-state index is -0.437. The van der Waals surface area contributed by atoms with Gasteiger partial charge in [-0.1, -0.05) is 30.3 Å². The van der Waals surface area contributed by atoms with Gasteiger partial charge in [0.1, 0.15) is 0 Å². The lowest BCUT2D eigenvalue weighted by Crippen LogP contribution is -2.52. The number of amides is 1. The lowest BCUT2D eigenvalue weighted by Gasteiger charge is -2.43. The standard InChI is InChI=1S/C26H30N4O/c1-29(2)25(31)26(12-6-16-30(20-26)19-21-10-14-27-15-11-21)17-22-7-3-4-9-24(22)23-8-5-13-28-18-23/h3-5,7-11,13-15,18H,6,12,16-17,19-20H2,1-2H3. The Morgan fingerprint density at radius 2 is 1.84 bits per heavy atom. The van der Waals surface area contributed by atoms with Gasteiger partial charge in [-0.05, 0) is 60.7 Å². The quantitative estimate of drug-likeness (QED) is 0.610. The molecule has 1 amide bonds. The van der Waals surface area contributed by atoms with Crippen molar-refractivity contribution in [2.45, 2.75) is 25.8 Å². The molecule has 2 aromatic heterocycles. The summed E-state index contributed by atoms with van der Waals surface area (Å²) in [7, 11) is 3.75. The summed E-state index contributed by atoms with van der Waals surface area (Å²) in [6.07, 6.45) is 10.0. The van der Waals surface area contributed by atoms with Crippen molar-refractivity contribution in [3.05, 3.63) is 84.4 Å². The Bertz CT molecular complexity index is 1010. The van der Waals surface area contributed by atoms with Crippen molar-refractivity contribution in [1.82, 2.24) is 19.8 Å². The Hall–Kier alpha value is -3.05. The van der Waals surface area contributed by atoms with Gasteiger partial charge in [0, 0.05) is 57.5 Å². The second kappa shape index (κ2) is 9.40. The van der Waals surface area contributed by atoms with E-state index < -0.39 is 5.41 Å². The molecule has 1 unspecified atom stereocenters. The van der Waals surface area contributed by atoms with Crippen LogP contribution >= 0.6 is 0 Å². The summed E-state index contributed by atoms with van der Waals surface area (Å²) in [5, 5.41) is 0.